The lowest BCUT2D eigenvalue weighted by Gasteiger charge is -2.14. The molecule has 0 heterocycles. The Bertz CT molecular complexity index is 395. The molecular formula is C12H16ClNOS. The quantitative estimate of drug-likeness (QED) is 0.604. The summed E-state index contributed by atoms with van der Waals surface area (Å²) in [5, 5.41) is 0. The van der Waals surface area contributed by atoms with Crippen LogP contribution in [0.15, 0.2) is 34.7 Å². The Morgan fingerprint density at radius 3 is 2.31 bits per heavy atom. The second kappa shape index (κ2) is 5.60. The smallest absolute Gasteiger partial charge is 0.145 e. The summed E-state index contributed by atoms with van der Waals surface area (Å²) in [5.74, 6) is 0.270. The number of halogens is 1. The number of nitrogens with zero attached hydrogens (tertiary/aromatic N) is 1. The molecule has 0 bridgehead atoms. The molecule has 0 aliphatic rings. The fourth-order valence-electron chi connectivity index (χ4n) is 1.02. The summed E-state index contributed by atoms with van der Waals surface area (Å²) >= 11 is 5.83. The molecule has 0 radical (unpaired) electrons. The van der Waals surface area contributed by atoms with Crippen molar-refractivity contribution in [3.05, 3.63) is 35.9 Å². The van der Waals surface area contributed by atoms with Crippen LogP contribution >= 0.6 is 11.6 Å². The van der Waals surface area contributed by atoms with Gasteiger partial charge >= 0.3 is 0 Å². The van der Waals surface area contributed by atoms with Gasteiger partial charge < -0.3 is 0 Å². The van der Waals surface area contributed by atoms with Crippen molar-refractivity contribution in [3.8, 4) is 0 Å². The van der Waals surface area contributed by atoms with E-state index < -0.39 is 11.0 Å². The standard InChI is InChI=1S/C12H16ClNOS/c1-12(2,3)16(15)14-11(9-13)10-7-5-4-6-8-10/h4-8H,9H2,1-3H3/b14-11-. The first-order chi connectivity index (χ1) is 7.45. The number of benzene rings is 1. The van der Waals surface area contributed by atoms with E-state index in [9.17, 15) is 4.21 Å². The maximum Gasteiger partial charge on any atom is 0.145 e. The Labute approximate surface area is 104 Å². The summed E-state index contributed by atoms with van der Waals surface area (Å²) in [6, 6.07) is 9.59. The van der Waals surface area contributed by atoms with Crippen molar-refractivity contribution in [1.82, 2.24) is 0 Å². The third-order valence-electron chi connectivity index (χ3n) is 1.95. The van der Waals surface area contributed by atoms with Crippen molar-refractivity contribution >= 4 is 28.3 Å². The van der Waals surface area contributed by atoms with Crippen molar-refractivity contribution in [2.24, 2.45) is 4.40 Å². The minimum Gasteiger partial charge on any atom is -0.234 e. The largest absolute Gasteiger partial charge is 0.234 e. The maximum atomic E-state index is 11.9. The zero-order valence-corrected chi connectivity index (χ0v) is 11.3. The predicted octanol–water partition coefficient (Wildman–Crippen LogP) is 3.18. The molecule has 0 aromatic heterocycles. The minimum atomic E-state index is -1.26. The predicted molar refractivity (Wildman–Crippen MR) is 71.6 cm³/mol. The third kappa shape index (κ3) is 3.72. The van der Waals surface area contributed by atoms with Gasteiger partial charge in [0.25, 0.3) is 0 Å². The zero-order chi connectivity index (χ0) is 12.2. The van der Waals surface area contributed by atoms with Crippen LogP contribution in [0.5, 0.6) is 0 Å². The highest BCUT2D eigenvalue weighted by molar-refractivity contribution is 7.85. The second-order valence-corrected chi connectivity index (χ2v) is 6.57. The van der Waals surface area contributed by atoms with Crippen LogP contribution in [-0.4, -0.2) is 20.5 Å². The Hall–Kier alpha value is -0.670. The van der Waals surface area contributed by atoms with Crippen molar-refractivity contribution in [2.75, 3.05) is 5.88 Å². The van der Waals surface area contributed by atoms with Gasteiger partial charge in [-0.15, -0.1) is 11.6 Å². The van der Waals surface area contributed by atoms with E-state index in [1.165, 1.54) is 0 Å². The molecule has 1 aromatic rings. The van der Waals surface area contributed by atoms with Gasteiger partial charge in [-0.3, -0.25) is 0 Å². The van der Waals surface area contributed by atoms with Crippen LogP contribution in [0.1, 0.15) is 26.3 Å². The maximum absolute atomic E-state index is 11.9. The third-order valence-corrected chi connectivity index (χ3v) is 3.64. The first-order valence-electron chi connectivity index (χ1n) is 5.06. The van der Waals surface area contributed by atoms with E-state index in [1.54, 1.807) is 0 Å². The summed E-state index contributed by atoms with van der Waals surface area (Å²) < 4.78 is 15.7. The zero-order valence-electron chi connectivity index (χ0n) is 9.74. The molecule has 4 heteroatoms. The van der Waals surface area contributed by atoms with E-state index in [-0.39, 0.29) is 10.6 Å². The Morgan fingerprint density at radius 2 is 1.88 bits per heavy atom. The summed E-state index contributed by atoms with van der Waals surface area (Å²) in [6.45, 7) is 5.68. The molecule has 88 valence electrons. The SMILES string of the molecule is CC(C)(C)S(=O)/N=C(/CCl)c1ccccc1. The number of rotatable bonds is 3. The molecule has 1 atom stereocenters. The van der Waals surface area contributed by atoms with Gasteiger partial charge in [-0.05, 0) is 26.3 Å². The molecule has 0 saturated heterocycles. The van der Waals surface area contributed by atoms with Crippen LogP contribution in [-0.2, 0) is 11.0 Å². The molecule has 0 amide bonds. The van der Waals surface area contributed by atoms with Crippen LogP contribution in [0.2, 0.25) is 0 Å². The summed E-state index contributed by atoms with van der Waals surface area (Å²) in [6.07, 6.45) is 0. The van der Waals surface area contributed by atoms with Gasteiger partial charge in [-0.2, -0.15) is 4.40 Å². The van der Waals surface area contributed by atoms with E-state index in [1.807, 2.05) is 51.1 Å². The van der Waals surface area contributed by atoms with Gasteiger partial charge in [0.05, 0.1) is 16.3 Å². The second-order valence-electron chi connectivity index (χ2n) is 4.40. The molecule has 0 saturated carbocycles. The molecule has 1 unspecified atom stereocenters. The average Bonchev–Trinajstić information content (AvgIpc) is 2.25. The van der Waals surface area contributed by atoms with Gasteiger partial charge in [0.1, 0.15) is 11.0 Å². The molecule has 0 fully saturated rings. The highest BCUT2D eigenvalue weighted by Crippen LogP contribution is 2.14. The summed E-state index contributed by atoms with van der Waals surface area (Å²) in [5.41, 5.74) is 1.60. The van der Waals surface area contributed by atoms with Crippen molar-refractivity contribution in [1.29, 1.82) is 0 Å². The van der Waals surface area contributed by atoms with E-state index in [2.05, 4.69) is 4.40 Å². The molecule has 0 aliphatic heterocycles. The highest BCUT2D eigenvalue weighted by atomic mass is 35.5. The van der Waals surface area contributed by atoms with Crippen LogP contribution in [0, 0.1) is 0 Å². The molecule has 0 aliphatic carbocycles. The van der Waals surface area contributed by atoms with Gasteiger partial charge in [-0.1, -0.05) is 30.3 Å². The van der Waals surface area contributed by atoms with Crippen LogP contribution in [0.25, 0.3) is 0 Å². The van der Waals surface area contributed by atoms with E-state index in [4.69, 9.17) is 11.6 Å². The Kier molecular flexibility index (Phi) is 4.69. The molecule has 0 N–H and O–H groups in total. The van der Waals surface area contributed by atoms with E-state index in [0.29, 0.717) is 5.71 Å². The van der Waals surface area contributed by atoms with Crippen molar-refractivity contribution in [3.63, 3.8) is 0 Å². The van der Waals surface area contributed by atoms with Crippen LogP contribution in [0.3, 0.4) is 0 Å². The molecular weight excluding hydrogens is 242 g/mol. The Balaban J connectivity index is 3.00. The molecule has 1 rings (SSSR count). The lowest BCUT2D eigenvalue weighted by atomic mass is 10.1. The van der Waals surface area contributed by atoms with E-state index in [0.717, 1.165) is 5.56 Å². The first kappa shape index (κ1) is 13.4. The summed E-state index contributed by atoms with van der Waals surface area (Å²) in [7, 11) is -1.26. The van der Waals surface area contributed by atoms with Crippen LogP contribution < -0.4 is 0 Å². The van der Waals surface area contributed by atoms with E-state index >= 15 is 0 Å². The highest BCUT2D eigenvalue weighted by Gasteiger charge is 2.19. The van der Waals surface area contributed by atoms with Gasteiger partial charge in [0.15, 0.2) is 0 Å². The molecule has 16 heavy (non-hydrogen) atoms. The lowest BCUT2D eigenvalue weighted by molar-refractivity contribution is 0.650. The lowest BCUT2D eigenvalue weighted by Crippen LogP contribution is -2.21. The molecule has 0 spiro atoms. The van der Waals surface area contributed by atoms with Gasteiger partial charge in [0.2, 0.25) is 0 Å². The number of alkyl halides is 1. The van der Waals surface area contributed by atoms with Gasteiger partial charge in [0, 0.05) is 0 Å². The minimum absolute atomic E-state index is 0.270. The number of hydrogen-bond donors (Lipinski definition) is 0. The summed E-state index contributed by atoms with van der Waals surface area (Å²) in [4.78, 5) is 0. The van der Waals surface area contributed by atoms with Crippen LogP contribution in [0.4, 0.5) is 0 Å². The normalized spacial score (nSPS) is 14.9. The van der Waals surface area contributed by atoms with Crippen molar-refractivity contribution in [2.45, 2.75) is 25.5 Å². The monoisotopic (exact) mass is 257 g/mol. The first-order valence-corrected chi connectivity index (χ1v) is 6.70. The fraction of sp³-hybridized carbons (Fsp3) is 0.417. The topological polar surface area (TPSA) is 29.4 Å². The fourth-order valence-corrected chi connectivity index (χ4v) is 1.95. The Morgan fingerprint density at radius 1 is 1.31 bits per heavy atom. The van der Waals surface area contributed by atoms with Crippen molar-refractivity contribution < 1.29 is 4.21 Å². The molecule has 2 nitrogen and oxygen atoms in total. The molecule has 1 aromatic carbocycles. The van der Waals surface area contributed by atoms with Gasteiger partial charge in [-0.25, -0.2) is 4.21 Å². The number of hydrogen-bond acceptors (Lipinski definition) is 1. The average molecular weight is 258 g/mol.